The van der Waals surface area contributed by atoms with E-state index in [-0.39, 0.29) is 17.3 Å². The van der Waals surface area contributed by atoms with E-state index in [9.17, 15) is 17.6 Å². The number of benzene rings is 1. The van der Waals surface area contributed by atoms with Crippen LogP contribution in [0.2, 0.25) is 0 Å². The highest BCUT2D eigenvalue weighted by atomic mass is 19.4. The molecular formula is C10H6F4N2O. The minimum Gasteiger partial charge on any atom is -0.334 e. The molecule has 0 aliphatic rings. The van der Waals surface area contributed by atoms with E-state index in [4.69, 9.17) is 4.52 Å². The van der Waals surface area contributed by atoms with E-state index in [1.165, 1.54) is 6.92 Å². The monoisotopic (exact) mass is 246 g/mol. The molecule has 2 rings (SSSR count). The van der Waals surface area contributed by atoms with Gasteiger partial charge in [-0.3, -0.25) is 0 Å². The fraction of sp³-hybridized carbons (Fsp3) is 0.200. The summed E-state index contributed by atoms with van der Waals surface area (Å²) in [6.07, 6.45) is -4.75. The Balaban J connectivity index is 2.51. The van der Waals surface area contributed by atoms with Crippen LogP contribution in [0.15, 0.2) is 22.7 Å². The molecule has 0 radical (unpaired) electrons. The minimum absolute atomic E-state index is 0.0272. The van der Waals surface area contributed by atoms with Crippen LogP contribution in [0, 0.1) is 12.7 Å². The van der Waals surface area contributed by atoms with Crippen LogP contribution < -0.4 is 0 Å². The molecule has 0 saturated heterocycles. The van der Waals surface area contributed by atoms with Gasteiger partial charge in [0.25, 0.3) is 5.89 Å². The zero-order valence-corrected chi connectivity index (χ0v) is 8.55. The van der Waals surface area contributed by atoms with Crippen molar-refractivity contribution >= 4 is 0 Å². The third kappa shape index (κ3) is 2.27. The molecule has 0 unspecified atom stereocenters. The fourth-order valence-corrected chi connectivity index (χ4v) is 1.29. The van der Waals surface area contributed by atoms with Gasteiger partial charge in [0.2, 0.25) is 0 Å². The number of aryl methyl sites for hydroxylation is 1. The number of aromatic nitrogens is 2. The molecule has 7 heteroatoms. The van der Waals surface area contributed by atoms with E-state index in [1.54, 1.807) is 0 Å². The Bertz CT molecular complexity index is 547. The van der Waals surface area contributed by atoms with Crippen molar-refractivity contribution in [1.82, 2.24) is 10.1 Å². The SMILES string of the molecule is Cc1noc(-c2ccc(F)c(C(F)(F)F)c2)n1. The molecule has 1 aromatic carbocycles. The predicted molar refractivity (Wildman–Crippen MR) is 49.4 cm³/mol. The van der Waals surface area contributed by atoms with E-state index in [1.807, 2.05) is 0 Å². The number of nitrogens with zero attached hydrogens (tertiary/aromatic N) is 2. The fourth-order valence-electron chi connectivity index (χ4n) is 1.29. The Morgan fingerprint density at radius 3 is 2.47 bits per heavy atom. The van der Waals surface area contributed by atoms with Gasteiger partial charge in [-0.25, -0.2) is 4.39 Å². The molecule has 0 saturated carbocycles. The molecule has 0 aliphatic carbocycles. The molecule has 0 bridgehead atoms. The van der Waals surface area contributed by atoms with Gasteiger partial charge >= 0.3 is 6.18 Å². The molecule has 2 aromatic rings. The lowest BCUT2D eigenvalue weighted by atomic mass is 10.1. The molecule has 0 aliphatic heterocycles. The van der Waals surface area contributed by atoms with Gasteiger partial charge < -0.3 is 4.52 Å². The quantitative estimate of drug-likeness (QED) is 0.725. The lowest BCUT2D eigenvalue weighted by Gasteiger charge is -2.08. The van der Waals surface area contributed by atoms with E-state index < -0.39 is 17.6 Å². The Morgan fingerprint density at radius 1 is 1.24 bits per heavy atom. The second-order valence-electron chi connectivity index (χ2n) is 3.34. The molecule has 0 N–H and O–H groups in total. The largest absolute Gasteiger partial charge is 0.419 e. The second-order valence-corrected chi connectivity index (χ2v) is 3.34. The number of alkyl halides is 3. The van der Waals surface area contributed by atoms with Gasteiger partial charge in [-0.2, -0.15) is 18.2 Å². The Morgan fingerprint density at radius 2 is 1.94 bits per heavy atom. The Labute approximate surface area is 93.1 Å². The van der Waals surface area contributed by atoms with Crippen LogP contribution in [0.5, 0.6) is 0 Å². The number of rotatable bonds is 1. The van der Waals surface area contributed by atoms with Crippen molar-refractivity contribution in [3.05, 3.63) is 35.4 Å². The third-order valence-corrected chi connectivity index (χ3v) is 2.05. The van der Waals surface area contributed by atoms with Gasteiger partial charge in [-0.15, -0.1) is 0 Å². The first-order chi connectivity index (χ1) is 7.88. The lowest BCUT2D eigenvalue weighted by molar-refractivity contribution is -0.139. The van der Waals surface area contributed by atoms with Crippen molar-refractivity contribution in [2.45, 2.75) is 13.1 Å². The van der Waals surface area contributed by atoms with Crippen molar-refractivity contribution in [3.8, 4) is 11.5 Å². The first kappa shape index (κ1) is 11.6. The standard InChI is InChI=1S/C10H6F4N2O/c1-5-15-9(17-16-5)6-2-3-8(11)7(4-6)10(12,13)14/h2-4H,1H3. The predicted octanol–water partition coefficient (Wildman–Crippen LogP) is 3.20. The summed E-state index contributed by atoms with van der Waals surface area (Å²) in [6.45, 7) is 1.53. The second kappa shape index (κ2) is 3.83. The average molecular weight is 246 g/mol. The maximum absolute atomic E-state index is 13.0. The summed E-state index contributed by atoms with van der Waals surface area (Å²) in [5.74, 6) is -1.12. The zero-order chi connectivity index (χ0) is 12.6. The van der Waals surface area contributed by atoms with E-state index in [0.29, 0.717) is 6.07 Å². The summed E-state index contributed by atoms with van der Waals surface area (Å²) in [5, 5.41) is 3.45. The van der Waals surface area contributed by atoms with Crippen molar-refractivity contribution in [1.29, 1.82) is 0 Å². The van der Waals surface area contributed by atoms with Crippen molar-refractivity contribution < 1.29 is 22.1 Å². The van der Waals surface area contributed by atoms with Crippen molar-refractivity contribution in [2.75, 3.05) is 0 Å². The summed E-state index contributed by atoms with van der Waals surface area (Å²) < 4.78 is 55.0. The van der Waals surface area contributed by atoms with Gasteiger partial charge in [0, 0.05) is 5.56 Å². The molecule has 0 fully saturated rings. The smallest absolute Gasteiger partial charge is 0.334 e. The van der Waals surface area contributed by atoms with Gasteiger partial charge in [0.05, 0.1) is 5.56 Å². The number of halogens is 4. The first-order valence-electron chi connectivity index (χ1n) is 4.55. The molecule has 17 heavy (non-hydrogen) atoms. The normalized spacial score (nSPS) is 11.8. The van der Waals surface area contributed by atoms with Crippen LogP contribution in [0.25, 0.3) is 11.5 Å². The number of hydrogen-bond donors (Lipinski definition) is 0. The maximum atomic E-state index is 13.0. The van der Waals surface area contributed by atoms with Crippen LogP contribution in [0.4, 0.5) is 17.6 Å². The number of hydrogen-bond acceptors (Lipinski definition) is 3. The van der Waals surface area contributed by atoms with Crippen LogP contribution in [-0.4, -0.2) is 10.1 Å². The Kier molecular flexibility index (Phi) is 2.60. The summed E-state index contributed by atoms with van der Waals surface area (Å²) in [4.78, 5) is 3.77. The van der Waals surface area contributed by atoms with Crippen molar-refractivity contribution in [3.63, 3.8) is 0 Å². The highest BCUT2D eigenvalue weighted by molar-refractivity contribution is 5.54. The van der Waals surface area contributed by atoms with E-state index >= 15 is 0 Å². The van der Waals surface area contributed by atoms with Gasteiger partial charge in [-0.1, -0.05) is 5.16 Å². The van der Waals surface area contributed by atoms with E-state index in [0.717, 1.165) is 12.1 Å². The minimum atomic E-state index is -4.75. The highest BCUT2D eigenvalue weighted by Gasteiger charge is 2.34. The zero-order valence-electron chi connectivity index (χ0n) is 8.55. The Hall–Kier alpha value is -1.92. The molecule has 90 valence electrons. The van der Waals surface area contributed by atoms with E-state index in [2.05, 4.69) is 10.1 Å². The first-order valence-corrected chi connectivity index (χ1v) is 4.55. The molecule has 1 aromatic heterocycles. The van der Waals surface area contributed by atoms with Crippen molar-refractivity contribution in [2.24, 2.45) is 0 Å². The molecule has 0 spiro atoms. The van der Waals surface area contributed by atoms with Crippen LogP contribution in [0.1, 0.15) is 11.4 Å². The molecule has 3 nitrogen and oxygen atoms in total. The van der Waals surface area contributed by atoms with Crippen LogP contribution in [-0.2, 0) is 6.18 Å². The van der Waals surface area contributed by atoms with Gasteiger partial charge in [0.1, 0.15) is 5.82 Å². The van der Waals surface area contributed by atoms with Gasteiger partial charge in [-0.05, 0) is 25.1 Å². The summed E-state index contributed by atoms with van der Waals surface area (Å²) >= 11 is 0. The molecule has 1 heterocycles. The highest BCUT2D eigenvalue weighted by Crippen LogP contribution is 2.33. The molecular weight excluding hydrogens is 240 g/mol. The average Bonchev–Trinajstić information content (AvgIpc) is 2.64. The van der Waals surface area contributed by atoms with Crippen LogP contribution >= 0.6 is 0 Å². The summed E-state index contributed by atoms with van der Waals surface area (Å²) in [5.41, 5.74) is -1.33. The summed E-state index contributed by atoms with van der Waals surface area (Å²) in [7, 11) is 0. The topological polar surface area (TPSA) is 38.9 Å². The molecule has 0 atom stereocenters. The lowest BCUT2D eigenvalue weighted by Crippen LogP contribution is -2.08. The third-order valence-electron chi connectivity index (χ3n) is 2.05. The maximum Gasteiger partial charge on any atom is 0.419 e. The molecule has 0 amide bonds. The van der Waals surface area contributed by atoms with Gasteiger partial charge in [0.15, 0.2) is 5.82 Å². The van der Waals surface area contributed by atoms with Crippen LogP contribution in [0.3, 0.4) is 0 Å². The summed E-state index contributed by atoms with van der Waals surface area (Å²) in [6, 6.07) is 2.51.